The summed E-state index contributed by atoms with van der Waals surface area (Å²) in [7, 11) is 0. The van der Waals surface area contributed by atoms with Crippen molar-refractivity contribution in [3.05, 3.63) is 23.0 Å². The van der Waals surface area contributed by atoms with Crippen LogP contribution in [-0.4, -0.2) is 22.4 Å². The maximum atomic E-state index is 12.9. The van der Waals surface area contributed by atoms with Crippen molar-refractivity contribution in [1.29, 1.82) is 0 Å². The second kappa shape index (κ2) is 5.99. The Kier molecular flexibility index (Phi) is 4.82. The van der Waals surface area contributed by atoms with Crippen LogP contribution in [0.15, 0.2) is 6.20 Å². The summed E-state index contributed by atoms with van der Waals surface area (Å²) >= 11 is 0. The minimum absolute atomic E-state index is 0.225. The van der Waals surface area contributed by atoms with E-state index in [0.29, 0.717) is 6.20 Å². The number of nitrogens with two attached hydrogens (primary N) is 1. The van der Waals surface area contributed by atoms with E-state index in [0.717, 1.165) is 0 Å². The summed E-state index contributed by atoms with van der Waals surface area (Å²) in [5.41, 5.74) is 3.25. The van der Waals surface area contributed by atoms with E-state index in [2.05, 4.69) is 9.72 Å². The largest absolute Gasteiger partial charge is 0.573 e. The number of halogens is 5. The fourth-order valence-corrected chi connectivity index (χ4v) is 1.56. The Morgan fingerprint density at radius 3 is 2.45 bits per heavy atom. The van der Waals surface area contributed by atoms with E-state index >= 15 is 0 Å². The Labute approximate surface area is 109 Å². The third-order valence-electron chi connectivity index (χ3n) is 2.24. The van der Waals surface area contributed by atoms with Crippen LogP contribution in [0.4, 0.5) is 22.0 Å². The van der Waals surface area contributed by atoms with Gasteiger partial charge in [0.25, 0.3) is 6.43 Å². The SMILES string of the molecule is NCc1ncc(OC(F)(F)F)c(C(F)F)c1CC(=O)O. The first-order valence-electron chi connectivity index (χ1n) is 5.12. The molecule has 3 N–H and O–H groups in total. The summed E-state index contributed by atoms with van der Waals surface area (Å²) in [5, 5.41) is 8.64. The van der Waals surface area contributed by atoms with E-state index in [9.17, 15) is 26.7 Å². The number of alkyl halides is 5. The molecule has 1 aromatic rings. The van der Waals surface area contributed by atoms with Crippen molar-refractivity contribution >= 4 is 5.97 Å². The first-order chi connectivity index (χ1) is 9.15. The van der Waals surface area contributed by atoms with Gasteiger partial charge in [-0.15, -0.1) is 13.2 Å². The van der Waals surface area contributed by atoms with Crippen LogP contribution in [0.25, 0.3) is 0 Å². The molecule has 0 amide bonds. The highest BCUT2D eigenvalue weighted by atomic mass is 19.4. The van der Waals surface area contributed by atoms with E-state index in [-0.39, 0.29) is 5.69 Å². The molecule has 0 aromatic carbocycles. The van der Waals surface area contributed by atoms with E-state index in [4.69, 9.17) is 10.8 Å². The summed E-state index contributed by atoms with van der Waals surface area (Å²) in [6.07, 6.45) is -9.05. The molecule has 0 spiro atoms. The number of rotatable bonds is 5. The molecule has 0 unspecified atom stereocenters. The molecule has 10 heteroatoms. The molecule has 0 aliphatic rings. The Morgan fingerprint density at radius 1 is 1.45 bits per heavy atom. The average molecular weight is 300 g/mol. The van der Waals surface area contributed by atoms with Crippen molar-refractivity contribution in [2.75, 3.05) is 0 Å². The highest BCUT2D eigenvalue weighted by Crippen LogP contribution is 2.36. The van der Waals surface area contributed by atoms with Crippen LogP contribution < -0.4 is 10.5 Å². The van der Waals surface area contributed by atoms with Gasteiger partial charge in [0, 0.05) is 6.54 Å². The van der Waals surface area contributed by atoms with Gasteiger partial charge in [-0.1, -0.05) is 0 Å². The zero-order chi connectivity index (χ0) is 15.5. The number of hydrogen-bond donors (Lipinski definition) is 2. The molecule has 0 aliphatic heterocycles. The minimum Gasteiger partial charge on any atom is -0.481 e. The molecule has 5 nitrogen and oxygen atoms in total. The smallest absolute Gasteiger partial charge is 0.481 e. The van der Waals surface area contributed by atoms with Crippen LogP contribution in [0.2, 0.25) is 0 Å². The lowest BCUT2D eigenvalue weighted by Gasteiger charge is -2.17. The zero-order valence-electron chi connectivity index (χ0n) is 9.75. The summed E-state index contributed by atoms with van der Waals surface area (Å²) in [6.45, 7) is -0.394. The van der Waals surface area contributed by atoms with Gasteiger partial charge >= 0.3 is 12.3 Å². The van der Waals surface area contributed by atoms with Crippen LogP contribution in [0, 0.1) is 0 Å². The number of carbonyl (C=O) groups is 1. The molecule has 0 fully saturated rings. The number of carboxylic acid groups (broad SMARTS) is 1. The van der Waals surface area contributed by atoms with Gasteiger partial charge < -0.3 is 15.6 Å². The standard InChI is InChI=1S/C10H9F5N2O3/c11-9(12)8-4(1-7(18)19)5(2-16)17-3-6(8)20-10(13,14)15/h3,9H,1-2,16H2,(H,18,19). The van der Waals surface area contributed by atoms with Crippen molar-refractivity contribution < 1.29 is 36.6 Å². The topological polar surface area (TPSA) is 85.4 Å². The summed E-state index contributed by atoms with van der Waals surface area (Å²) < 4.78 is 65.7. The Balaban J connectivity index is 3.43. The highest BCUT2D eigenvalue weighted by Gasteiger charge is 2.35. The molecule has 0 bridgehead atoms. The van der Waals surface area contributed by atoms with Crippen LogP contribution >= 0.6 is 0 Å². The number of ether oxygens (including phenoxy) is 1. The second-order valence-electron chi connectivity index (χ2n) is 3.58. The van der Waals surface area contributed by atoms with E-state index in [1.54, 1.807) is 0 Å². The van der Waals surface area contributed by atoms with Crippen LogP contribution in [0.1, 0.15) is 23.2 Å². The van der Waals surface area contributed by atoms with E-state index in [1.165, 1.54) is 0 Å². The molecule has 0 saturated carbocycles. The third kappa shape index (κ3) is 4.02. The Morgan fingerprint density at radius 2 is 2.05 bits per heavy atom. The fourth-order valence-electron chi connectivity index (χ4n) is 1.56. The lowest BCUT2D eigenvalue weighted by atomic mass is 10.0. The van der Waals surface area contributed by atoms with Crippen molar-refractivity contribution in [2.45, 2.75) is 25.8 Å². The van der Waals surface area contributed by atoms with Gasteiger partial charge in [-0.05, 0) is 5.56 Å². The van der Waals surface area contributed by atoms with E-state index in [1.807, 2.05) is 0 Å². The van der Waals surface area contributed by atoms with Crippen LogP contribution in [0.3, 0.4) is 0 Å². The van der Waals surface area contributed by atoms with Gasteiger partial charge in [0.1, 0.15) is 0 Å². The van der Waals surface area contributed by atoms with Crippen molar-refractivity contribution in [2.24, 2.45) is 5.73 Å². The first kappa shape index (κ1) is 16.1. The van der Waals surface area contributed by atoms with Gasteiger partial charge in [-0.2, -0.15) is 0 Å². The Hall–Kier alpha value is -1.97. The van der Waals surface area contributed by atoms with Gasteiger partial charge in [-0.25, -0.2) is 8.78 Å². The molecular weight excluding hydrogens is 291 g/mol. The second-order valence-corrected chi connectivity index (χ2v) is 3.58. The highest BCUT2D eigenvalue weighted by molar-refractivity contribution is 5.71. The number of nitrogens with zero attached hydrogens (tertiary/aromatic N) is 1. The summed E-state index contributed by atoms with van der Waals surface area (Å²) in [6, 6.07) is 0. The molecule has 0 radical (unpaired) electrons. The van der Waals surface area contributed by atoms with Gasteiger partial charge in [-0.3, -0.25) is 9.78 Å². The third-order valence-corrected chi connectivity index (χ3v) is 2.24. The number of aromatic nitrogens is 1. The molecule has 1 rings (SSSR count). The maximum absolute atomic E-state index is 12.9. The van der Waals surface area contributed by atoms with Gasteiger partial charge in [0.2, 0.25) is 0 Å². The van der Waals surface area contributed by atoms with Crippen molar-refractivity contribution in [3.8, 4) is 5.75 Å². The minimum atomic E-state index is -5.20. The number of pyridine rings is 1. The molecular formula is C10H9F5N2O3. The van der Waals surface area contributed by atoms with Crippen molar-refractivity contribution in [3.63, 3.8) is 0 Å². The lowest BCUT2D eigenvalue weighted by Crippen LogP contribution is -2.20. The van der Waals surface area contributed by atoms with Crippen LogP contribution in [0.5, 0.6) is 5.75 Å². The van der Waals surface area contributed by atoms with Crippen molar-refractivity contribution in [1.82, 2.24) is 4.98 Å². The van der Waals surface area contributed by atoms with E-state index < -0.39 is 48.6 Å². The van der Waals surface area contributed by atoms with Crippen LogP contribution in [-0.2, 0) is 17.8 Å². The molecule has 112 valence electrons. The molecule has 0 saturated heterocycles. The zero-order valence-corrected chi connectivity index (χ0v) is 9.75. The molecule has 1 heterocycles. The Bertz CT molecular complexity index is 504. The molecule has 20 heavy (non-hydrogen) atoms. The van der Waals surface area contributed by atoms with Gasteiger partial charge in [0.15, 0.2) is 5.75 Å². The number of hydrogen-bond acceptors (Lipinski definition) is 4. The quantitative estimate of drug-likeness (QED) is 0.812. The number of carboxylic acids is 1. The maximum Gasteiger partial charge on any atom is 0.573 e. The predicted molar refractivity (Wildman–Crippen MR) is 55.1 cm³/mol. The lowest BCUT2D eigenvalue weighted by molar-refractivity contribution is -0.275. The normalized spacial score (nSPS) is 11.8. The molecule has 0 aliphatic carbocycles. The van der Waals surface area contributed by atoms with Gasteiger partial charge in [0.05, 0.1) is 23.9 Å². The predicted octanol–water partition coefficient (Wildman–Crippen LogP) is 2.00. The monoisotopic (exact) mass is 300 g/mol. The molecule has 1 aromatic heterocycles. The first-order valence-corrected chi connectivity index (χ1v) is 5.12. The average Bonchev–Trinajstić information content (AvgIpc) is 2.25. The fraction of sp³-hybridized carbons (Fsp3) is 0.400. The summed E-state index contributed by atoms with van der Waals surface area (Å²) in [5.74, 6) is -2.74. The number of aliphatic carboxylic acids is 1. The summed E-state index contributed by atoms with van der Waals surface area (Å²) in [4.78, 5) is 14.1. The molecule has 0 atom stereocenters.